The van der Waals surface area contributed by atoms with E-state index in [1.165, 1.54) is 32.0 Å². The van der Waals surface area contributed by atoms with Crippen molar-refractivity contribution in [1.82, 2.24) is 15.1 Å². The summed E-state index contributed by atoms with van der Waals surface area (Å²) < 4.78 is 35.3. The number of ether oxygens (including phenoxy) is 2. The number of carbonyl (C=O) groups excluding carboxylic acids is 2. The molecular weight excluding hydrogens is 518 g/mol. The zero-order valence-electron chi connectivity index (χ0n) is 27.6. The molecule has 41 heavy (non-hydrogen) atoms. The number of fused-ring (bicyclic) bond motifs is 2. The molecule has 1 unspecified atom stereocenters. The monoisotopic (exact) mass is 566 g/mol. The normalized spacial score (nSPS) is 20.6. The van der Waals surface area contributed by atoms with E-state index in [-0.39, 0.29) is 32.6 Å². The summed E-state index contributed by atoms with van der Waals surface area (Å²) in [4.78, 5) is 28.4. The summed E-state index contributed by atoms with van der Waals surface area (Å²) in [6, 6.07) is 18.3. The maximum Gasteiger partial charge on any atom is 0.412 e. The van der Waals surface area contributed by atoms with Crippen molar-refractivity contribution in [2.75, 3.05) is 39.8 Å². The van der Waals surface area contributed by atoms with E-state index >= 15 is 0 Å². The van der Waals surface area contributed by atoms with Crippen LogP contribution < -0.4 is 5.32 Å². The molecule has 1 aliphatic rings. The second-order valence-electron chi connectivity index (χ2n) is 11.9. The highest BCUT2D eigenvalue weighted by atomic mass is 16.6. The summed E-state index contributed by atoms with van der Waals surface area (Å²) in [7, 11) is 0. The third kappa shape index (κ3) is 7.56. The average molecular weight is 567 g/mol. The Morgan fingerprint density at radius 3 is 2.41 bits per heavy atom. The first-order valence-corrected chi connectivity index (χ1v) is 14.4. The van der Waals surface area contributed by atoms with Gasteiger partial charge >= 0.3 is 6.09 Å². The fourth-order valence-electron chi connectivity index (χ4n) is 5.47. The average Bonchev–Trinajstić information content (AvgIpc) is 3.30. The summed E-state index contributed by atoms with van der Waals surface area (Å²) in [5.74, 6) is -0.560. The van der Waals surface area contributed by atoms with Crippen molar-refractivity contribution >= 4 is 33.5 Å². The number of likely N-dealkylation sites (N-methyl/N-ethyl adjacent to an activating group) is 1. The van der Waals surface area contributed by atoms with Gasteiger partial charge in [0, 0.05) is 37.0 Å². The van der Waals surface area contributed by atoms with E-state index in [4.69, 9.17) is 13.6 Å². The third-order valence-electron chi connectivity index (χ3n) is 7.54. The highest BCUT2D eigenvalue weighted by molar-refractivity contribution is 6.02. The smallest absolute Gasteiger partial charge is 0.412 e. The Hall–Kier alpha value is -3.20. The molecule has 3 aromatic rings. The van der Waals surface area contributed by atoms with Gasteiger partial charge in [-0.05, 0) is 80.3 Å². The van der Waals surface area contributed by atoms with Crippen LogP contribution in [0.3, 0.4) is 0 Å². The van der Waals surface area contributed by atoms with Crippen molar-refractivity contribution in [2.45, 2.75) is 70.7 Å². The number of aliphatic hydroxyl groups excluding tert-OH is 1. The minimum atomic E-state index is -2.61. The number of aliphatic hydroxyl groups is 1. The van der Waals surface area contributed by atoms with Gasteiger partial charge in [0.25, 0.3) is 0 Å². The first-order chi connectivity index (χ1) is 20.7. The molecule has 2 N–H and O–H groups in total. The fourth-order valence-corrected chi connectivity index (χ4v) is 5.47. The van der Waals surface area contributed by atoms with Gasteiger partial charge < -0.3 is 24.8 Å². The van der Waals surface area contributed by atoms with Gasteiger partial charge in [0.1, 0.15) is 11.3 Å². The molecule has 1 heterocycles. The Bertz CT molecular complexity index is 1400. The molecule has 1 aliphatic heterocycles. The number of carbonyl (C=O) groups is 2. The number of nitrogens with one attached hydrogen (secondary N) is 1. The Balaban J connectivity index is 1.32. The molecule has 0 spiro atoms. The highest BCUT2D eigenvalue weighted by Crippen LogP contribution is 2.34. The van der Waals surface area contributed by atoms with Crippen molar-refractivity contribution in [3.63, 3.8) is 0 Å². The molecule has 2 amide bonds. The van der Waals surface area contributed by atoms with Crippen molar-refractivity contribution in [3.05, 3.63) is 60.2 Å². The molecule has 0 saturated carbocycles. The Morgan fingerprint density at radius 2 is 1.80 bits per heavy atom. The van der Waals surface area contributed by atoms with Crippen LogP contribution in [0.2, 0.25) is 0 Å². The topological polar surface area (TPSA) is 91.3 Å². The third-order valence-corrected chi connectivity index (χ3v) is 7.54. The molecule has 8 heteroatoms. The number of nitrogens with zero attached hydrogens (tertiary/aromatic N) is 2. The van der Waals surface area contributed by atoms with Gasteiger partial charge in [-0.25, -0.2) is 4.79 Å². The van der Waals surface area contributed by atoms with Crippen molar-refractivity contribution in [1.29, 1.82) is 0 Å². The van der Waals surface area contributed by atoms with E-state index in [2.05, 4.69) is 47.8 Å². The molecule has 0 aliphatic carbocycles. The highest BCUT2D eigenvalue weighted by Gasteiger charge is 2.48. The lowest BCUT2D eigenvalue weighted by atomic mass is 9.94. The summed E-state index contributed by atoms with van der Waals surface area (Å²) in [6.07, 6.45) is 0.957. The summed E-state index contributed by atoms with van der Waals surface area (Å²) in [5, 5.41) is 18.0. The summed E-state index contributed by atoms with van der Waals surface area (Å²) in [5.41, 5.74) is -0.689. The quantitative estimate of drug-likeness (QED) is 0.248. The van der Waals surface area contributed by atoms with Gasteiger partial charge in [-0.2, -0.15) is 0 Å². The van der Waals surface area contributed by atoms with Gasteiger partial charge in [-0.15, -0.1) is 0 Å². The van der Waals surface area contributed by atoms with Crippen LogP contribution >= 0.6 is 0 Å². The maximum atomic E-state index is 13.2. The molecule has 222 valence electrons. The summed E-state index contributed by atoms with van der Waals surface area (Å²) >= 11 is 0. The number of hydrogen-bond donors (Lipinski definition) is 2. The standard InChI is InChI=1S/C33H45N3O5/c1-32(2,3)41-31(39)36-26(22-37)23-40-33(36,4)17-16-30(38)35(5)20-19-34-18-10-15-29-27-13-8-6-11-24(27)21-25-12-7-9-14-28(25)29/h6-9,11-14,21,26,34,37H,10,15-20,22-23H2,1-5H3/t26-,33?/m1/s1/i5D3. The van der Waals surface area contributed by atoms with Gasteiger partial charge in [-0.1, -0.05) is 48.5 Å². The van der Waals surface area contributed by atoms with Crippen LogP contribution in [0.5, 0.6) is 0 Å². The van der Waals surface area contributed by atoms with Crippen LogP contribution in [0.4, 0.5) is 4.79 Å². The van der Waals surface area contributed by atoms with Crippen LogP contribution in [0, 0.1) is 0 Å². The zero-order valence-corrected chi connectivity index (χ0v) is 24.6. The van der Waals surface area contributed by atoms with Gasteiger partial charge in [0.15, 0.2) is 0 Å². The fraction of sp³-hybridized carbons (Fsp3) is 0.515. The number of amides is 2. The van der Waals surface area contributed by atoms with Crippen LogP contribution in [-0.2, 0) is 20.7 Å². The summed E-state index contributed by atoms with van der Waals surface area (Å²) in [6.45, 7) is 5.02. The van der Waals surface area contributed by atoms with E-state index in [9.17, 15) is 14.7 Å². The molecule has 4 rings (SSSR count). The molecule has 8 nitrogen and oxygen atoms in total. The molecule has 1 fully saturated rings. The van der Waals surface area contributed by atoms with E-state index in [1.54, 1.807) is 27.7 Å². The first-order valence-electron chi connectivity index (χ1n) is 15.9. The van der Waals surface area contributed by atoms with E-state index in [0.29, 0.717) is 13.1 Å². The number of benzene rings is 3. The first kappa shape index (κ1) is 26.7. The molecule has 1 saturated heterocycles. The predicted molar refractivity (Wildman–Crippen MR) is 163 cm³/mol. The van der Waals surface area contributed by atoms with E-state index in [0.717, 1.165) is 17.7 Å². The lowest BCUT2D eigenvalue weighted by molar-refractivity contribution is -0.133. The van der Waals surface area contributed by atoms with Crippen molar-refractivity contribution < 1.29 is 28.3 Å². The Labute approximate surface area is 247 Å². The largest absolute Gasteiger partial charge is 0.444 e. The lowest BCUT2D eigenvalue weighted by Crippen LogP contribution is -2.52. The molecule has 2 atom stereocenters. The molecule has 3 aromatic carbocycles. The van der Waals surface area contributed by atoms with Gasteiger partial charge in [0.2, 0.25) is 5.91 Å². The minimum absolute atomic E-state index is 0.0130. The SMILES string of the molecule is [2H]C([2H])([2H])N(CCNCCCc1c2ccccc2cc2ccccc12)C(=O)CCC1(C)OC[C@@H](CO)N1C(=O)OC(C)(C)C. The molecule has 0 aromatic heterocycles. The van der Waals surface area contributed by atoms with Crippen LogP contribution in [0.25, 0.3) is 21.5 Å². The number of rotatable bonds is 11. The Kier molecular flexibility index (Phi) is 8.58. The van der Waals surface area contributed by atoms with Crippen LogP contribution in [0.15, 0.2) is 54.6 Å². The van der Waals surface area contributed by atoms with Crippen LogP contribution in [0.1, 0.15) is 56.6 Å². The van der Waals surface area contributed by atoms with E-state index in [1.807, 2.05) is 12.1 Å². The molecular formula is C33H45N3O5. The Morgan fingerprint density at radius 1 is 1.15 bits per heavy atom. The second-order valence-corrected chi connectivity index (χ2v) is 11.9. The van der Waals surface area contributed by atoms with E-state index < -0.39 is 36.3 Å². The second kappa shape index (κ2) is 13.2. The van der Waals surface area contributed by atoms with Crippen molar-refractivity contribution in [3.8, 4) is 0 Å². The number of hydrogen-bond acceptors (Lipinski definition) is 6. The van der Waals surface area contributed by atoms with Crippen LogP contribution in [-0.4, -0.2) is 84.1 Å². The predicted octanol–water partition coefficient (Wildman–Crippen LogP) is 5.10. The minimum Gasteiger partial charge on any atom is -0.444 e. The van der Waals surface area contributed by atoms with Gasteiger partial charge in [0.05, 0.1) is 19.3 Å². The lowest BCUT2D eigenvalue weighted by Gasteiger charge is -2.37. The zero-order chi connectivity index (χ0) is 32.1. The molecule has 0 bridgehead atoms. The van der Waals surface area contributed by atoms with Gasteiger partial charge in [-0.3, -0.25) is 9.69 Å². The number of aryl methyl sites for hydroxylation is 1. The van der Waals surface area contributed by atoms with Crippen molar-refractivity contribution in [2.24, 2.45) is 0 Å². The molecule has 0 radical (unpaired) electrons. The maximum absolute atomic E-state index is 13.2.